The summed E-state index contributed by atoms with van der Waals surface area (Å²) in [5, 5.41) is 2.88. The fourth-order valence-corrected chi connectivity index (χ4v) is 3.90. The van der Waals surface area contributed by atoms with Gasteiger partial charge in [0.15, 0.2) is 9.84 Å². The zero-order valence-electron chi connectivity index (χ0n) is 7.31. The largest absolute Gasteiger partial charge is 1.00 e. The molecule has 2 unspecified atom stereocenters. The smallest absolute Gasteiger partial charge is 0.296 e. The van der Waals surface area contributed by atoms with Crippen LogP contribution in [0.1, 0.15) is 0 Å². The van der Waals surface area contributed by atoms with E-state index < -0.39 is 13.6 Å². The zero-order chi connectivity index (χ0) is 10.6. The van der Waals surface area contributed by atoms with Gasteiger partial charge in [-0.15, -0.1) is 0 Å². The van der Waals surface area contributed by atoms with Crippen LogP contribution in [0.5, 0.6) is 0 Å². The van der Waals surface area contributed by atoms with E-state index in [0.29, 0.717) is 5.84 Å². The highest BCUT2D eigenvalue weighted by molar-refractivity contribution is 7.91. The summed E-state index contributed by atoms with van der Waals surface area (Å²) in [5.74, 6) is 0.552. The van der Waals surface area contributed by atoms with E-state index in [1.807, 2.05) is 0 Å². The number of nitrogens with one attached hydrogen (secondary N) is 2. The Hall–Kier alpha value is 0.580. The van der Waals surface area contributed by atoms with Gasteiger partial charge in [0.1, 0.15) is 12.1 Å². The molecule has 0 aromatic heterocycles. The van der Waals surface area contributed by atoms with Crippen molar-refractivity contribution in [1.29, 1.82) is 0 Å². The quantitative estimate of drug-likeness (QED) is 0.444. The Kier molecular flexibility index (Phi) is 3.74. The molecule has 0 radical (unpaired) electrons. The third kappa shape index (κ3) is 2.82. The minimum atomic E-state index is -2.94. The summed E-state index contributed by atoms with van der Waals surface area (Å²) in [6.07, 6.45) is 0. The molecule has 1 saturated heterocycles. The average Bonchev–Trinajstić information content (AvgIpc) is 2.37. The number of rotatable bonds is 0. The number of halogens is 4. The van der Waals surface area contributed by atoms with Crippen molar-refractivity contribution >= 4 is 50.5 Å². The second kappa shape index (κ2) is 4.11. The molecule has 2 N–H and O–H groups in total. The van der Waals surface area contributed by atoms with Crippen molar-refractivity contribution in [2.75, 3.05) is 11.5 Å². The molecular weight excluding hydrogens is 306 g/mol. The van der Waals surface area contributed by atoms with Crippen molar-refractivity contribution < 1.29 is 25.8 Å². The Morgan fingerprint density at radius 2 is 1.93 bits per heavy atom. The molecule has 0 spiro atoms. The van der Waals surface area contributed by atoms with Crippen LogP contribution in [0, 0.1) is 0 Å². The molecule has 2 aliphatic heterocycles. The van der Waals surface area contributed by atoms with Crippen LogP contribution < -0.4 is 22.7 Å². The molecule has 9 heteroatoms. The van der Waals surface area contributed by atoms with Gasteiger partial charge in [-0.25, -0.2) is 8.42 Å². The fraction of sp³-hybridized carbons (Fsp3) is 0.833. The maximum atomic E-state index is 11.2. The van der Waals surface area contributed by atoms with Crippen molar-refractivity contribution in [3.63, 3.8) is 0 Å². The SMILES string of the molecule is O=S1(=O)CC2NC(C(Cl)(Cl)Cl)=[NH+]C2C1.[Cl-]. The molecule has 1 fully saturated rings. The molecule has 2 rings (SSSR count). The highest BCUT2D eigenvalue weighted by Crippen LogP contribution is 2.27. The third-order valence-corrected chi connectivity index (χ3v) is 4.60. The Morgan fingerprint density at radius 3 is 2.40 bits per heavy atom. The van der Waals surface area contributed by atoms with Crippen LogP contribution in [0.15, 0.2) is 0 Å². The highest BCUT2D eigenvalue weighted by atomic mass is 35.6. The standard InChI is InChI=1S/C6H7Cl3N2O2S.ClH/c7-6(8,9)5-10-3-1-14(12,13)2-4(3)11-5;/h3-4H,1-2H2,(H,10,11);1H. The van der Waals surface area contributed by atoms with Gasteiger partial charge in [-0.1, -0.05) is 34.8 Å². The van der Waals surface area contributed by atoms with Crippen LogP contribution in [-0.4, -0.2) is 41.6 Å². The average molecular weight is 314 g/mol. The van der Waals surface area contributed by atoms with E-state index in [2.05, 4.69) is 10.3 Å². The minimum Gasteiger partial charge on any atom is -1.00 e. The molecule has 88 valence electrons. The number of hydrogen-bond acceptors (Lipinski definition) is 3. The Labute approximate surface area is 109 Å². The first-order valence-electron chi connectivity index (χ1n) is 3.95. The van der Waals surface area contributed by atoms with E-state index in [4.69, 9.17) is 34.8 Å². The Morgan fingerprint density at radius 1 is 1.33 bits per heavy atom. The lowest BCUT2D eigenvalue weighted by molar-refractivity contribution is -0.488. The van der Waals surface area contributed by atoms with Gasteiger partial charge in [0.25, 0.3) is 9.63 Å². The maximum Gasteiger partial charge on any atom is 0.296 e. The van der Waals surface area contributed by atoms with Crippen LogP contribution >= 0.6 is 34.8 Å². The van der Waals surface area contributed by atoms with Crippen LogP contribution in [0.3, 0.4) is 0 Å². The van der Waals surface area contributed by atoms with E-state index in [1.165, 1.54) is 0 Å². The van der Waals surface area contributed by atoms with Gasteiger partial charge < -0.3 is 12.4 Å². The molecule has 0 amide bonds. The maximum absolute atomic E-state index is 11.2. The topological polar surface area (TPSA) is 60.1 Å². The molecule has 2 atom stereocenters. The summed E-state index contributed by atoms with van der Waals surface area (Å²) in [6.45, 7) is 0. The lowest BCUT2D eigenvalue weighted by Gasteiger charge is -2.06. The molecule has 0 aliphatic carbocycles. The summed E-state index contributed by atoms with van der Waals surface area (Å²) >= 11 is 16.9. The summed E-state index contributed by atoms with van der Waals surface area (Å²) in [7, 11) is -2.94. The molecule has 2 aliphatic rings. The number of sulfone groups is 1. The van der Waals surface area contributed by atoms with Crippen molar-refractivity contribution in [3.05, 3.63) is 0 Å². The first-order chi connectivity index (χ1) is 6.28. The normalized spacial score (nSPS) is 32.6. The van der Waals surface area contributed by atoms with Crippen molar-refractivity contribution in [3.8, 4) is 0 Å². The van der Waals surface area contributed by atoms with Crippen molar-refractivity contribution in [1.82, 2.24) is 5.32 Å². The predicted molar refractivity (Wildman–Crippen MR) is 55.6 cm³/mol. The summed E-state index contributed by atoms with van der Waals surface area (Å²) < 4.78 is 20.9. The van der Waals surface area contributed by atoms with Crippen molar-refractivity contribution in [2.24, 2.45) is 0 Å². The van der Waals surface area contributed by atoms with E-state index in [-0.39, 0.29) is 36.0 Å². The first kappa shape index (κ1) is 13.6. The highest BCUT2D eigenvalue weighted by Gasteiger charge is 2.51. The van der Waals surface area contributed by atoms with Gasteiger partial charge in [-0.2, -0.15) is 0 Å². The number of alkyl halides is 3. The van der Waals surface area contributed by atoms with E-state index in [1.54, 1.807) is 0 Å². The molecule has 15 heavy (non-hydrogen) atoms. The van der Waals surface area contributed by atoms with Crippen LogP contribution in [0.4, 0.5) is 0 Å². The monoisotopic (exact) mass is 312 g/mol. The Balaban J connectivity index is 0.00000112. The molecule has 0 aromatic rings. The lowest BCUT2D eigenvalue weighted by atomic mass is 10.2. The van der Waals surface area contributed by atoms with Gasteiger partial charge in [0, 0.05) is 0 Å². The first-order valence-corrected chi connectivity index (χ1v) is 6.91. The van der Waals surface area contributed by atoms with Crippen LogP contribution in [-0.2, 0) is 9.84 Å². The molecule has 0 aromatic carbocycles. The van der Waals surface area contributed by atoms with Gasteiger partial charge >= 0.3 is 0 Å². The predicted octanol–water partition coefficient (Wildman–Crippen LogP) is -4.39. The summed E-state index contributed by atoms with van der Waals surface area (Å²) in [5.41, 5.74) is 0. The van der Waals surface area contributed by atoms with Gasteiger partial charge in [0.05, 0.1) is 11.5 Å². The Bertz CT molecular complexity index is 388. The van der Waals surface area contributed by atoms with Gasteiger partial charge in [0.2, 0.25) is 0 Å². The molecule has 0 bridgehead atoms. The van der Waals surface area contributed by atoms with Crippen molar-refractivity contribution in [2.45, 2.75) is 15.9 Å². The minimum absolute atomic E-state index is 0. The molecular formula is C6H8Cl4N2O2S. The molecule has 0 saturated carbocycles. The van der Waals surface area contributed by atoms with Gasteiger partial charge in [-0.3, -0.25) is 10.3 Å². The lowest BCUT2D eigenvalue weighted by Crippen LogP contribution is -3.00. The van der Waals surface area contributed by atoms with E-state index in [9.17, 15) is 8.42 Å². The van der Waals surface area contributed by atoms with E-state index in [0.717, 1.165) is 0 Å². The summed E-state index contributed by atoms with van der Waals surface area (Å²) in [6, 6.07) is -0.351. The molecule has 2 heterocycles. The third-order valence-electron chi connectivity index (χ3n) is 2.30. The second-order valence-electron chi connectivity index (χ2n) is 3.45. The number of amidine groups is 1. The second-order valence-corrected chi connectivity index (χ2v) is 7.89. The number of hydrogen-bond donors (Lipinski definition) is 2. The van der Waals surface area contributed by atoms with E-state index >= 15 is 0 Å². The summed E-state index contributed by atoms with van der Waals surface area (Å²) in [4.78, 5) is 2.88. The van der Waals surface area contributed by atoms with Crippen LogP contribution in [0.2, 0.25) is 0 Å². The zero-order valence-corrected chi connectivity index (χ0v) is 11.1. The fourth-order valence-electron chi connectivity index (χ4n) is 1.71. The number of fused-ring (bicyclic) bond motifs is 1. The molecule has 4 nitrogen and oxygen atoms in total. The van der Waals surface area contributed by atoms with Gasteiger partial charge in [-0.05, 0) is 0 Å². The van der Waals surface area contributed by atoms with Crippen LogP contribution in [0.25, 0.3) is 0 Å².